The highest BCUT2D eigenvalue weighted by Gasteiger charge is 2.14. The molecule has 1 heterocycles. The second kappa shape index (κ2) is 7.18. The van der Waals surface area contributed by atoms with Gasteiger partial charge in [0.15, 0.2) is 5.16 Å². The van der Waals surface area contributed by atoms with Crippen LogP contribution in [0, 0.1) is 12.7 Å². The molecule has 0 aliphatic heterocycles. The monoisotopic (exact) mass is 342 g/mol. The third kappa shape index (κ3) is 3.22. The van der Waals surface area contributed by atoms with E-state index in [9.17, 15) is 9.18 Å². The number of nitrogens with zero attached hydrogens (tertiary/aromatic N) is 2. The van der Waals surface area contributed by atoms with Crippen LogP contribution in [0.3, 0.4) is 0 Å². The predicted molar refractivity (Wildman–Crippen MR) is 97.7 cm³/mol. The number of fused-ring (bicyclic) bond motifs is 1. The van der Waals surface area contributed by atoms with Crippen LogP contribution in [0.4, 0.5) is 4.39 Å². The average molecular weight is 342 g/mol. The molecule has 3 rings (SSSR count). The van der Waals surface area contributed by atoms with E-state index in [1.54, 1.807) is 25.1 Å². The molecule has 2 aromatic carbocycles. The van der Waals surface area contributed by atoms with Crippen molar-refractivity contribution >= 4 is 22.7 Å². The van der Waals surface area contributed by atoms with Crippen molar-refractivity contribution in [3.05, 3.63) is 64.2 Å². The highest BCUT2D eigenvalue weighted by molar-refractivity contribution is 7.99. The van der Waals surface area contributed by atoms with Crippen molar-refractivity contribution in [1.82, 2.24) is 9.55 Å². The minimum Gasteiger partial charge on any atom is -0.268 e. The van der Waals surface area contributed by atoms with E-state index in [4.69, 9.17) is 0 Å². The maximum absolute atomic E-state index is 14.0. The van der Waals surface area contributed by atoms with Crippen LogP contribution in [-0.4, -0.2) is 15.3 Å². The molecule has 0 radical (unpaired) electrons. The van der Waals surface area contributed by atoms with E-state index < -0.39 is 0 Å². The number of rotatable bonds is 5. The second-order valence-electron chi connectivity index (χ2n) is 5.69. The molecule has 124 valence electrons. The predicted octanol–water partition coefficient (Wildman–Crippen LogP) is 4.73. The van der Waals surface area contributed by atoms with Crippen molar-refractivity contribution < 1.29 is 4.39 Å². The summed E-state index contributed by atoms with van der Waals surface area (Å²) in [4.78, 5) is 17.6. The van der Waals surface area contributed by atoms with Gasteiger partial charge in [-0.2, -0.15) is 0 Å². The number of hydrogen-bond acceptors (Lipinski definition) is 3. The van der Waals surface area contributed by atoms with Gasteiger partial charge >= 0.3 is 0 Å². The minimum absolute atomic E-state index is 0.164. The fourth-order valence-electron chi connectivity index (χ4n) is 2.47. The first-order valence-corrected chi connectivity index (χ1v) is 9.01. The number of aromatic nitrogens is 2. The molecule has 0 spiro atoms. The number of thioether (sulfide) groups is 1. The van der Waals surface area contributed by atoms with Crippen molar-refractivity contribution in [3.63, 3.8) is 0 Å². The number of para-hydroxylation sites is 1. The topological polar surface area (TPSA) is 34.9 Å². The lowest BCUT2D eigenvalue weighted by Crippen LogP contribution is -2.22. The van der Waals surface area contributed by atoms with E-state index in [0.717, 1.165) is 18.6 Å². The molecule has 0 aliphatic carbocycles. The Kier molecular flexibility index (Phi) is 5.00. The van der Waals surface area contributed by atoms with Crippen molar-refractivity contribution in [2.45, 2.75) is 31.8 Å². The summed E-state index contributed by atoms with van der Waals surface area (Å²) in [5.74, 6) is 0.548. The molecule has 0 N–H and O–H groups in total. The van der Waals surface area contributed by atoms with Gasteiger partial charge < -0.3 is 0 Å². The van der Waals surface area contributed by atoms with Gasteiger partial charge in [0.05, 0.1) is 16.6 Å². The quantitative estimate of drug-likeness (QED) is 0.382. The zero-order chi connectivity index (χ0) is 17.1. The molecule has 0 saturated heterocycles. The van der Waals surface area contributed by atoms with Crippen LogP contribution in [0.25, 0.3) is 16.6 Å². The van der Waals surface area contributed by atoms with Crippen molar-refractivity contribution in [1.29, 1.82) is 0 Å². The Hall–Kier alpha value is -2.14. The Morgan fingerprint density at radius 2 is 2.00 bits per heavy atom. The molecule has 0 saturated carbocycles. The first kappa shape index (κ1) is 16.7. The second-order valence-corrected chi connectivity index (χ2v) is 6.75. The summed E-state index contributed by atoms with van der Waals surface area (Å²) in [6, 6.07) is 12.1. The van der Waals surface area contributed by atoms with E-state index in [1.165, 1.54) is 22.4 Å². The first-order valence-electron chi connectivity index (χ1n) is 8.03. The molecule has 0 aliphatic rings. The Morgan fingerprint density at radius 1 is 1.21 bits per heavy atom. The normalized spacial score (nSPS) is 11.1. The summed E-state index contributed by atoms with van der Waals surface area (Å²) in [6.45, 7) is 3.83. The first-order chi connectivity index (χ1) is 11.6. The summed E-state index contributed by atoms with van der Waals surface area (Å²) >= 11 is 1.53. The van der Waals surface area contributed by atoms with E-state index in [-0.39, 0.29) is 11.4 Å². The maximum Gasteiger partial charge on any atom is 0.266 e. The maximum atomic E-state index is 14.0. The molecule has 0 fully saturated rings. The summed E-state index contributed by atoms with van der Waals surface area (Å²) in [5.41, 5.74) is 1.58. The largest absolute Gasteiger partial charge is 0.268 e. The third-order valence-corrected chi connectivity index (χ3v) is 4.91. The molecule has 0 bridgehead atoms. The van der Waals surface area contributed by atoms with Crippen molar-refractivity contribution in [2.24, 2.45) is 0 Å². The highest BCUT2D eigenvalue weighted by atomic mass is 32.2. The molecular weight excluding hydrogens is 323 g/mol. The van der Waals surface area contributed by atoms with Crippen LogP contribution in [-0.2, 0) is 0 Å². The van der Waals surface area contributed by atoms with E-state index in [0.29, 0.717) is 27.3 Å². The van der Waals surface area contributed by atoms with Crippen LogP contribution in [0.2, 0.25) is 0 Å². The summed E-state index contributed by atoms with van der Waals surface area (Å²) in [6.07, 6.45) is 2.11. The fraction of sp³-hybridized carbons (Fsp3) is 0.263. The van der Waals surface area contributed by atoms with E-state index in [1.807, 2.05) is 18.2 Å². The molecule has 0 amide bonds. The van der Waals surface area contributed by atoms with Crippen LogP contribution >= 0.6 is 11.8 Å². The molecule has 0 unspecified atom stereocenters. The van der Waals surface area contributed by atoms with Gasteiger partial charge in [-0.25, -0.2) is 9.37 Å². The number of unbranched alkanes of at least 4 members (excludes halogenated alkanes) is 1. The lowest BCUT2D eigenvalue weighted by molar-refractivity contribution is 0.615. The van der Waals surface area contributed by atoms with Crippen LogP contribution in [0.1, 0.15) is 25.3 Å². The Bertz CT molecular complexity index is 936. The average Bonchev–Trinajstić information content (AvgIpc) is 2.58. The fourth-order valence-corrected chi connectivity index (χ4v) is 3.56. The number of halogens is 1. The zero-order valence-electron chi connectivity index (χ0n) is 13.8. The highest BCUT2D eigenvalue weighted by Crippen LogP contribution is 2.23. The molecule has 0 atom stereocenters. The lowest BCUT2D eigenvalue weighted by Gasteiger charge is -2.13. The van der Waals surface area contributed by atoms with Crippen LogP contribution < -0.4 is 5.56 Å². The molecular formula is C19H19FN2OS. The third-order valence-electron chi connectivity index (χ3n) is 3.89. The minimum atomic E-state index is -0.322. The standard InChI is InChI=1S/C19H19FN2OS/c1-3-4-11-24-19-21-17-8-6-5-7-15(17)18(23)22(19)14-10-9-13(2)16(20)12-14/h5-10,12H,3-4,11H2,1-2H3. The van der Waals surface area contributed by atoms with Crippen LogP contribution in [0.5, 0.6) is 0 Å². The number of aryl methyl sites for hydroxylation is 1. The van der Waals surface area contributed by atoms with Gasteiger partial charge in [-0.05, 0) is 43.2 Å². The van der Waals surface area contributed by atoms with Crippen molar-refractivity contribution in [2.75, 3.05) is 5.75 Å². The summed E-state index contributed by atoms with van der Waals surface area (Å²) in [7, 11) is 0. The molecule has 3 aromatic rings. The van der Waals surface area contributed by atoms with E-state index >= 15 is 0 Å². The Labute approximate surface area is 144 Å². The molecule has 1 aromatic heterocycles. The SMILES string of the molecule is CCCCSc1nc2ccccc2c(=O)n1-c1ccc(C)c(F)c1. The van der Waals surface area contributed by atoms with Gasteiger partial charge in [-0.15, -0.1) is 0 Å². The lowest BCUT2D eigenvalue weighted by atomic mass is 10.2. The van der Waals surface area contributed by atoms with E-state index in [2.05, 4.69) is 11.9 Å². The van der Waals surface area contributed by atoms with Gasteiger partial charge in [0.2, 0.25) is 0 Å². The Balaban J connectivity index is 2.22. The van der Waals surface area contributed by atoms with Crippen LogP contribution in [0.15, 0.2) is 52.4 Å². The number of hydrogen-bond donors (Lipinski definition) is 0. The van der Waals surface area contributed by atoms with Gasteiger partial charge in [0, 0.05) is 5.75 Å². The summed E-state index contributed by atoms with van der Waals surface area (Å²) < 4.78 is 15.5. The van der Waals surface area contributed by atoms with Gasteiger partial charge in [-0.3, -0.25) is 9.36 Å². The summed E-state index contributed by atoms with van der Waals surface area (Å²) in [5, 5.41) is 1.15. The Morgan fingerprint density at radius 3 is 2.75 bits per heavy atom. The van der Waals surface area contributed by atoms with Gasteiger partial charge in [0.1, 0.15) is 5.82 Å². The van der Waals surface area contributed by atoms with Gasteiger partial charge in [0.25, 0.3) is 5.56 Å². The smallest absolute Gasteiger partial charge is 0.266 e. The molecule has 5 heteroatoms. The zero-order valence-corrected chi connectivity index (χ0v) is 14.6. The van der Waals surface area contributed by atoms with Crippen molar-refractivity contribution in [3.8, 4) is 5.69 Å². The molecule has 3 nitrogen and oxygen atoms in total. The number of benzene rings is 2. The molecule has 24 heavy (non-hydrogen) atoms. The van der Waals surface area contributed by atoms with Gasteiger partial charge in [-0.1, -0.05) is 43.3 Å².